The normalized spacial score (nSPS) is 9.68. The number of hydrogen-bond acceptors (Lipinski definition) is 4. The van der Waals surface area contributed by atoms with Crippen LogP contribution in [0.2, 0.25) is 0 Å². The molecule has 5 heteroatoms. The van der Waals surface area contributed by atoms with E-state index >= 15 is 0 Å². The number of aromatic nitrogens is 1. The fourth-order valence-corrected chi connectivity index (χ4v) is 1.53. The van der Waals surface area contributed by atoms with Crippen LogP contribution in [0, 0.1) is 17.1 Å². The van der Waals surface area contributed by atoms with E-state index in [1.54, 1.807) is 12.1 Å². The molecule has 19 heavy (non-hydrogen) atoms. The van der Waals surface area contributed by atoms with Crippen LogP contribution in [0.5, 0.6) is 5.75 Å². The Morgan fingerprint density at radius 3 is 2.95 bits per heavy atom. The third-order valence-corrected chi connectivity index (χ3v) is 2.37. The van der Waals surface area contributed by atoms with E-state index in [0.29, 0.717) is 6.29 Å². The number of carbonyl (C=O) groups excluding carboxylic acids is 1. The zero-order valence-corrected chi connectivity index (χ0v) is 9.84. The summed E-state index contributed by atoms with van der Waals surface area (Å²) in [7, 11) is 0. The van der Waals surface area contributed by atoms with Gasteiger partial charge in [0.05, 0.1) is 0 Å². The quantitative estimate of drug-likeness (QED) is 0.788. The molecular weight excluding hydrogens is 247 g/mol. The van der Waals surface area contributed by atoms with E-state index in [4.69, 9.17) is 10.00 Å². The van der Waals surface area contributed by atoms with Crippen LogP contribution in [-0.4, -0.2) is 11.3 Å². The Morgan fingerprint density at radius 2 is 2.21 bits per heavy atom. The molecule has 0 spiro atoms. The van der Waals surface area contributed by atoms with E-state index in [9.17, 15) is 9.18 Å². The van der Waals surface area contributed by atoms with Crippen molar-refractivity contribution in [2.45, 2.75) is 6.61 Å². The predicted molar refractivity (Wildman–Crippen MR) is 65.1 cm³/mol. The van der Waals surface area contributed by atoms with Crippen molar-refractivity contribution in [3.63, 3.8) is 0 Å². The van der Waals surface area contributed by atoms with Gasteiger partial charge in [-0.15, -0.1) is 0 Å². The van der Waals surface area contributed by atoms with Crippen molar-refractivity contribution in [3.8, 4) is 11.8 Å². The number of rotatable bonds is 4. The summed E-state index contributed by atoms with van der Waals surface area (Å²) in [4.78, 5) is 14.4. The van der Waals surface area contributed by atoms with Crippen LogP contribution in [0.4, 0.5) is 4.39 Å². The van der Waals surface area contributed by atoms with Gasteiger partial charge in [0.2, 0.25) is 0 Å². The first-order chi connectivity index (χ1) is 9.21. The highest BCUT2D eigenvalue weighted by Crippen LogP contribution is 2.17. The Kier molecular flexibility index (Phi) is 3.84. The average molecular weight is 256 g/mol. The molecule has 0 N–H and O–H groups in total. The molecule has 0 amide bonds. The van der Waals surface area contributed by atoms with Gasteiger partial charge in [0.25, 0.3) is 0 Å². The van der Waals surface area contributed by atoms with Crippen molar-refractivity contribution in [3.05, 3.63) is 59.2 Å². The van der Waals surface area contributed by atoms with Gasteiger partial charge in [-0.25, -0.2) is 9.37 Å². The van der Waals surface area contributed by atoms with E-state index < -0.39 is 5.82 Å². The second kappa shape index (κ2) is 5.74. The van der Waals surface area contributed by atoms with Crippen LogP contribution in [0.3, 0.4) is 0 Å². The molecule has 0 saturated heterocycles. The Hall–Kier alpha value is -2.74. The van der Waals surface area contributed by atoms with E-state index in [1.807, 2.05) is 6.07 Å². The van der Waals surface area contributed by atoms with Crippen LogP contribution in [-0.2, 0) is 6.61 Å². The monoisotopic (exact) mass is 256 g/mol. The van der Waals surface area contributed by atoms with Crippen LogP contribution in [0.1, 0.15) is 21.6 Å². The summed E-state index contributed by atoms with van der Waals surface area (Å²) < 4.78 is 18.5. The lowest BCUT2D eigenvalue weighted by molar-refractivity contribution is 0.112. The van der Waals surface area contributed by atoms with E-state index in [-0.39, 0.29) is 23.6 Å². The Morgan fingerprint density at radius 1 is 1.37 bits per heavy atom. The molecule has 1 heterocycles. The second-order valence-corrected chi connectivity index (χ2v) is 3.79. The van der Waals surface area contributed by atoms with Gasteiger partial charge in [0.15, 0.2) is 0 Å². The summed E-state index contributed by atoms with van der Waals surface area (Å²) in [5.74, 6) is -0.274. The SMILES string of the molecule is N#Cc1cc(COc2cc(F)cc(C=O)c2)ccn1. The van der Waals surface area contributed by atoms with Crippen LogP contribution in [0.25, 0.3) is 0 Å². The number of halogens is 1. The number of hydrogen-bond donors (Lipinski definition) is 0. The minimum Gasteiger partial charge on any atom is -0.489 e. The predicted octanol–water partition coefficient (Wildman–Crippen LogP) is 2.48. The number of nitriles is 1. The average Bonchev–Trinajstić information content (AvgIpc) is 2.44. The molecule has 2 rings (SSSR count). The first-order valence-electron chi connectivity index (χ1n) is 5.45. The molecule has 0 saturated carbocycles. The maximum atomic E-state index is 13.2. The lowest BCUT2D eigenvalue weighted by Crippen LogP contribution is -1.98. The third-order valence-electron chi connectivity index (χ3n) is 2.37. The first-order valence-corrected chi connectivity index (χ1v) is 5.45. The Bertz CT molecular complexity index is 650. The van der Waals surface area contributed by atoms with Crippen LogP contribution >= 0.6 is 0 Å². The van der Waals surface area contributed by atoms with Gasteiger partial charge in [-0.2, -0.15) is 5.26 Å². The maximum absolute atomic E-state index is 13.2. The van der Waals surface area contributed by atoms with Gasteiger partial charge < -0.3 is 4.74 Å². The van der Waals surface area contributed by atoms with Crippen molar-refractivity contribution >= 4 is 6.29 Å². The zero-order chi connectivity index (χ0) is 13.7. The summed E-state index contributed by atoms with van der Waals surface area (Å²) in [6.45, 7) is 0.166. The van der Waals surface area contributed by atoms with Gasteiger partial charge in [0.1, 0.15) is 36.2 Å². The standard InChI is InChI=1S/C14H9FN2O2/c15-12-3-11(8-18)5-14(6-12)19-9-10-1-2-17-13(4-10)7-16/h1-6,8H,9H2. The summed E-state index contributed by atoms with van der Waals surface area (Å²) in [6, 6.07) is 8.96. The number of nitrogens with zero attached hydrogens (tertiary/aromatic N) is 2. The number of ether oxygens (including phenoxy) is 1. The summed E-state index contributed by atoms with van der Waals surface area (Å²) in [5.41, 5.74) is 1.24. The van der Waals surface area contributed by atoms with Crippen LogP contribution in [0.15, 0.2) is 36.5 Å². The number of aldehydes is 1. The highest BCUT2D eigenvalue weighted by molar-refractivity contribution is 5.75. The fourth-order valence-electron chi connectivity index (χ4n) is 1.53. The molecule has 1 aromatic carbocycles. The highest BCUT2D eigenvalue weighted by atomic mass is 19.1. The molecule has 94 valence electrons. The lowest BCUT2D eigenvalue weighted by atomic mass is 10.2. The molecule has 0 aliphatic heterocycles. The van der Waals surface area contributed by atoms with Crippen LogP contribution < -0.4 is 4.74 Å². The molecular formula is C14H9FN2O2. The molecule has 0 radical (unpaired) electrons. The molecule has 1 aromatic heterocycles. The van der Waals surface area contributed by atoms with Crippen molar-refractivity contribution in [1.29, 1.82) is 5.26 Å². The van der Waals surface area contributed by atoms with Gasteiger partial charge in [-0.3, -0.25) is 4.79 Å². The Labute approximate surface area is 109 Å². The van der Waals surface area contributed by atoms with Crippen molar-refractivity contribution in [2.75, 3.05) is 0 Å². The van der Waals surface area contributed by atoms with Gasteiger partial charge in [0, 0.05) is 17.8 Å². The second-order valence-electron chi connectivity index (χ2n) is 3.79. The molecule has 2 aromatic rings. The number of pyridine rings is 1. The van der Waals surface area contributed by atoms with Crippen molar-refractivity contribution in [2.24, 2.45) is 0 Å². The smallest absolute Gasteiger partial charge is 0.150 e. The molecule has 0 aliphatic carbocycles. The minimum atomic E-state index is -0.535. The fraction of sp³-hybridized carbons (Fsp3) is 0.0714. The third kappa shape index (κ3) is 3.36. The molecule has 0 aliphatic rings. The molecule has 0 fully saturated rings. The van der Waals surface area contributed by atoms with Crippen molar-refractivity contribution < 1.29 is 13.9 Å². The van der Waals surface area contributed by atoms with Gasteiger partial charge in [-0.05, 0) is 29.8 Å². The van der Waals surface area contributed by atoms with E-state index in [0.717, 1.165) is 11.6 Å². The first kappa shape index (κ1) is 12.7. The molecule has 0 unspecified atom stereocenters. The van der Waals surface area contributed by atoms with E-state index in [1.165, 1.54) is 18.3 Å². The molecule has 0 atom stereocenters. The largest absolute Gasteiger partial charge is 0.489 e. The topological polar surface area (TPSA) is 63.0 Å². The molecule has 4 nitrogen and oxygen atoms in total. The van der Waals surface area contributed by atoms with Gasteiger partial charge in [-0.1, -0.05) is 0 Å². The summed E-state index contributed by atoms with van der Waals surface area (Å²) >= 11 is 0. The molecule has 0 bridgehead atoms. The number of benzene rings is 1. The van der Waals surface area contributed by atoms with Crippen molar-refractivity contribution in [1.82, 2.24) is 4.98 Å². The van der Waals surface area contributed by atoms with E-state index in [2.05, 4.69) is 4.98 Å². The lowest BCUT2D eigenvalue weighted by Gasteiger charge is -2.07. The highest BCUT2D eigenvalue weighted by Gasteiger charge is 2.03. The minimum absolute atomic E-state index is 0.166. The Balaban J connectivity index is 2.12. The maximum Gasteiger partial charge on any atom is 0.150 e. The summed E-state index contributed by atoms with van der Waals surface area (Å²) in [5, 5.41) is 8.71. The number of carbonyl (C=O) groups is 1. The van der Waals surface area contributed by atoms with Gasteiger partial charge >= 0.3 is 0 Å². The zero-order valence-electron chi connectivity index (χ0n) is 9.84. The summed E-state index contributed by atoms with van der Waals surface area (Å²) in [6.07, 6.45) is 2.05.